The first kappa shape index (κ1) is 24.1. The molecule has 3 N–H and O–H groups in total. The number of hydrogen-bond donors (Lipinski definition) is 3. The normalized spacial score (nSPS) is 10.1. The maximum absolute atomic E-state index is 12.5. The third-order valence-electron chi connectivity index (χ3n) is 3.64. The highest BCUT2D eigenvalue weighted by atomic mass is 79.9. The lowest BCUT2D eigenvalue weighted by atomic mass is 10.2. The molecule has 2 aromatic carbocycles. The summed E-state index contributed by atoms with van der Waals surface area (Å²) in [4.78, 5) is 24.5. The number of carbonyl (C=O) groups excluding carboxylic acids is 2. The second-order valence-corrected chi connectivity index (χ2v) is 8.35. The second kappa shape index (κ2) is 11.9. The van der Waals surface area contributed by atoms with E-state index in [-0.39, 0.29) is 11.7 Å². The fraction of sp³-hybridized carbons (Fsp3) is 0.250. The van der Waals surface area contributed by atoms with Gasteiger partial charge in [0.2, 0.25) is 0 Å². The highest BCUT2D eigenvalue weighted by Crippen LogP contribution is 2.25. The van der Waals surface area contributed by atoms with Crippen LogP contribution < -0.4 is 25.6 Å². The monoisotopic (exact) mass is 557 g/mol. The van der Waals surface area contributed by atoms with Crippen molar-refractivity contribution in [3.8, 4) is 11.5 Å². The zero-order chi connectivity index (χ0) is 22.1. The number of ether oxygens (including phenoxy) is 2. The molecule has 2 aromatic rings. The summed E-state index contributed by atoms with van der Waals surface area (Å²) >= 11 is 11.8. The van der Waals surface area contributed by atoms with Crippen molar-refractivity contribution in [2.24, 2.45) is 0 Å². The van der Waals surface area contributed by atoms with E-state index in [4.69, 9.17) is 21.7 Å². The van der Waals surface area contributed by atoms with Crippen molar-refractivity contribution in [2.45, 2.75) is 20.3 Å². The largest absolute Gasteiger partial charge is 0.493 e. The first-order valence-corrected chi connectivity index (χ1v) is 11.0. The number of aryl methyl sites for hydroxylation is 1. The standard InChI is InChI=1S/C20H21Br2N3O4S/c1-3-8-28-16-7-5-13(21)10-14(16)19(27)23-20(30)25-24-18(26)11-29-17-6-4-12(2)9-15(17)22/h4-7,9-10H,3,8,11H2,1-2H3,(H,24,26)(H2,23,25,27,30). The molecule has 0 spiro atoms. The second-order valence-electron chi connectivity index (χ2n) is 6.17. The molecule has 0 aliphatic heterocycles. The van der Waals surface area contributed by atoms with Crippen molar-refractivity contribution < 1.29 is 19.1 Å². The van der Waals surface area contributed by atoms with Gasteiger partial charge in [0.15, 0.2) is 11.7 Å². The topological polar surface area (TPSA) is 88.7 Å². The van der Waals surface area contributed by atoms with Crippen LogP contribution in [0.25, 0.3) is 0 Å². The van der Waals surface area contributed by atoms with Crippen LogP contribution >= 0.6 is 44.1 Å². The third-order valence-corrected chi connectivity index (χ3v) is 4.95. The Morgan fingerprint density at radius 1 is 1.03 bits per heavy atom. The van der Waals surface area contributed by atoms with Gasteiger partial charge in [0.1, 0.15) is 11.5 Å². The molecule has 160 valence electrons. The van der Waals surface area contributed by atoms with Gasteiger partial charge in [-0.25, -0.2) is 0 Å². The number of thiocarbonyl (C=S) groups is 1. The van der Waals surface area contributed by atoms with Crippen molar-refractivity contribution in [1.29, 1.82) is 0 Å². The average molecular weight is 559 g/mol. The molecule has 0 aliphatic carbocycles. The van der Waals surface area contributed by atoms with Crippen LogP contribution in [0.3, 0.4) is 0 Å². The molecule has 2 amide bonds. The Morgan fingerprint density at radius 2 is 1.77 bits per heavy atom. The maximum atomic E-state index is 12.5. The lowest BCUT2D eigenvalue weighted by Gasteiger charge is -2.14. The number of hydrogen-bond acceptors (Lipinski definition) is 5. The van der Waals surface area contributed by atoms with E-state index in [2.05, 4.69) is 48.0 Å². The van der Waals surface area contributed by atoms with E-state index in [0.717, 1.165) is 20.9 Å². The van der Waals surface area contributed by atoms with E-state index >= 15 is 0 Å². The van der Waals surface area contributed by atoms with E-state index in [9.17, 15) is 9.59 Å². The Balaban J connectivity index is 1.84. The summed E-state index contributed by atoms with van der Waals surface area (Å²) in [5.41, 5.74) is 6.24. The van der Waals surface area contributed by atoms with Crippen molar-refractivity contribution in [2.75, 3.05) is 13.2 Å². The highest BCUT2D eigenvalue weighted by molar-refractivity contribution is 9.10. The molecule has 0 aromatic heterocycles. The SMILES string of the molecule is CCCOc1ccc(Br)cc1C(=O)NC(=S)NNC(=O)COc1ccc(C)cc1Br. The molecule has 0 heterocycles. The van der Waals surface area contributed by atoms with Crippen LogP contribution in [0.15, 0.2) is 45.3 Å². The summed E-state index contributed by atoms with van der Waals surface area (Å²) in [5, 5.41) is 2.44. The lowest BCUT2D eigenvalue weighted by Crippen LogP contribution is -2.49. The van der Waals surface area contributed by atoms with E-state index < -0.39 is 11.8 Å². The van der Waals surface area contributed by atoms with E-state index in [0.29, 0.717) is 23.7 Å². The highest BCUT2D eigenvalue weighted by Gasteiger charge is 2.15. The number of halogens is 2. The van der Waals surface area contributed by atoms with Gasteiger partial charge in [-0.15, -0.1) is 0 Å². The van der Waals surface area contributed by atoms with Crippen LogP contribution in [0.2, 0.25) is 0 Å². The molecule has 0 saturated heterocycles. The number of rotatable bonds is 7. The van der Waals surface area contributed by atoms with Crippen LogP contribution in [0.1, 0.15) is 29.3 Å². The first-order chi connectivity index (χ1) is 14.3. The molecule has 0 saturated carbocycles. The van der Waals surface area contributed by atoms with Crippen LogP contribution in [-0.2, 0) is 4.79 Å². The van der Waals surface area contributed by atoms with E-state index in [1.807, 2.05) is 26.0 Å². The summed E-state index contributed by atoms with van der Waals surface area (Å²) in [6.45, 7) is 4.18. The minimum Gasteiger partial charge on any atom is -0.493 e. The Kier molecular flexibility index (Phi) is 9.54. The summed E-state index contributed by atoms with van der Waals surface area (Å²) < 4.78 is 12.5. The molecule has 0 aliphatic rings. The molecule has 0 radical (unpaired) electrons. The quantitative estimate of drug-likeness (QED) is 0.351. The number of benzene rings is 2. The molecule has 0 atom stereocenters. The van der Waals surface area contributed by atoms with Crippen molar-refractivity contribution in [3.05, 3.63) is 56.5 Å². The molecule has 2 rings (SSSR count). The van der Waals surface area contributed by atoms with Gasteiger partial charge in [0.25, 0.3) is 11.8 Å². The maximum Gasteiger partial charge on any atom is 0.276 e. The van der Waals surface area contributed by atoms with Crippen LogP contribution in [0.4, 0.5) is 0 Å². The molecule has 30 heavy (non-hydrogen) atoms. The van der Waals surface area contributed by atoms with E-state index in [1.165, 1.54) is 0 Å². The predicted octanol–water partition coefficient (Wildman–Crippen LogP) is 4.02. The summed E-state index contributed by atoms with van der Waals surface area (Å²) in [6, 6.07) is 10.6. The Morgan fingerprint density at radius 3 is 2.47 bits per heavy atom. The molecule has 0 bridgehead atoms. The molecule has 10 heteroatoms. The average Bonchev–Trinajstić information content (AvgIpc) is 2.70. The molecule has 0 unspecified atom stereocenters. The van der Waals surface area contributed by atoms with Crippen LogP contribution in [-0.4, -0.2) is 30.1 Å². The van der Waals surface area contributed by atoms with Gasteiger partial charge in [-0.3, -0.25) is 25.8 Å². The van der Waals surface area contributed by atoms with E-state index in [1.54, 1.807) is 24.3 Å². The zero-order valence-electron chi connectivity index (χ0n) is 16.4. The minimum atomic E-state index is -0.464. The fourth-order valence-corrected chi connectivity index (χ4v) is 3.36. The van der Waals surface area contributed by atoms with Crippen LogP contribution in [0.5, 0.6) is 11.5 Å². The molecule has 7 nitrogen and oxygen atoms in total. The number of amides is 2. The Bertz CT molecular complexity index is 940. The van der Waals surface area contributed by atoms with Crippen molar-refractivity contribution >= 4 is 61.0 Å². The predicted molar refractivity (Wildman–Crippen MR) is 126 cm³/mol. The third kappa shape index (κ3) is 7.58. The number of nitrogens with one attached hydrogen (secondary N) is 3. The first-order valence-electron chi connectivity index (χ1n) is 9.01. The summed E-state index contributed by atoms with van der Waals surface area (Å²) in [7, 11) is 0. The molecular formula is C20H21Br2N3O4S. The lowest BCUT2D eigenvalue weighted by molar-refractivity contribution is -0.123. The van der Waals surface area contributed by atoms with Crippen LogP contribution in [0, 0.1) is 6.92 Å². The van der Waals surface area contributed by atoms with Gasteiger partial charge >= 0.3 is 0 Å². The fourth-order valence-electron chi connectivity index (χ4n) is 2.25. The summed E-state index contributed by atoms with van der Waals surface area (Å²) in [5.74, 6) is 0.0600. The zero-order valence-corrected chi connectivity index (χ0v) is 20.4. The number of hydrazine groups is 1. The van der Waals surface area contributed by atoms with Gasteiger partial charge in [-0.05, 0) is 77.4 Å². The summed E-state index contributed by atoms with van der Waals surface area (Å²) in [6.07, 6.45) is 0.810. The Hall–Kier alpha value is -2.17. The Labute approximate surface area is 197 Å². The van der Waals surface area contributed by atoms with Crippen molar-refractivity contribution in [1.82, 2.24) is 16.2 Å². The van der Waals surface area contributed by atoms with Gasteiger partial charge < -0.3 is 9.47 Å². The molecule has 0 fully saturated rings. The smallest absolute Gasteiger partial charge is 0.276 e. The molecular weight excluding hydrogens is 538 g/mol. The van der Waals surface area contributed by atoms with Gasteiger partial charge in [-0.2, -0.15) is 0 Å². The van der Waals surface area contributed by atoms with Gasteiger partial charge in [0.05, 0.1) is 16.6 Å². The van der Waals surface area contributed by atoms with Gasteiger partial charge in [0, 0.05) is 4.47 Å². The number of carbonyl (C=O) groups is 2. The van der Waals surface area contributed by atoms with Gasteiger partial charge in [-0.1, -0.05) is 28.9 Å². The minimum absolute atomic E-state index is 0.0636. The van der Waals surface area contributed by atoms with Crippen molar-refractivity contribution in [3.63, 3.8) is 0 Å².